The van der Waals surface area contributed by atoms with Crippen LogP contribution in [-0.2, 0) is 4.79 Å². The number of benzene rings is 2. The molecule has 0 saturated carbocycles. The van der Waals surface area contributed by atoms with Crippen LogP contribution >= 0.6 is 22.9 Å². The van der Waals surface area contributed by atoms with Crippen LogP contribution in [0, 0.1) is 21.4 Å². The topological polar surface area (TPSA) is 109 Å². The molecule has 0 radical (unpaired) electrons. The van der Waals surface area contributed by atoms with Crippen molar-refractivity contribution in [3.63, 3.8) is 0 Å². The fourth-order valence-electron chi connectivity index (χ4n) is 2.87. The second-order valence-electron chi connectivity index (χ2n) is 5.85. The van der Waals surface area contributed by atoms with Gasteiger partial charge in [0, 0.05) is 39.3 Å². The largest absolute Gasteiger partial charge is 0.321 e. The van der Waals surface area contributed by atoms with Gasteiger partial charge in [-0.15, -0.1) is 11.3 Å². The third-order valence-corrected chi connectivity index (χ3v) is 5.29. The van der Waals surface area contributed by atoms with Crippen LogP contribution < -0.4 is 5.32 Å². The first-order chi connectivity index (χ1) is 13.5. The van der Waals surface area contributed by atoms with Gasteiger partial charge in [-0.25, -0.2) is 4.98 Å². The molecule has 0 saturated heterocycles. The summed E-state index contributed by atoms with van der Waals surface area (Å²) >= 11 is 7.12. The van der Waals surface area contributed by atoms with E-state index in [0.29, 0.717) is 27.0 Å². The molecule has 1 aliphatic heterocycles. The van der Waals surface area contributed by atoms with Crippen LogP contribution in [0.25, 0.3) is 22.4 Å². The average molecular weight is 409 g/mol. The van der Waals surface area contributed by atoms with Crippen molar-refractivity contribution in [1.29, 1.82) is 5.26 Å². The molecule has 0 fully saturated rings. The zero-order valence-electron chi connectivity index (χ0n) is 14.0. The Morgan fingerprint density at radius 2 is 2.00 bits per heavy atom. The molecule has 2 heterocycles. The second kappa shape index (κ2) is 6.88. The molecule has 3 aromatic rings. The lowest BCUT2D eigenvalue weighted by Gasteiger charge is -2.01. The number of thiazole rings is 1. The Balaban J connectivity index is 1.84. The van der Waals surface area contributed by atoms with Crippen LogP contribution in [0.15, 0.2) is 47.8 Å². The Labute approximate surface area is 167 Å². The van der Waals surface area contributed by atoms with E-state index in [1.807, 2.05) is 6.07 Å². The number of nitro benzene ring substituents is 1. The Bertz CT molecular complexity index is 1210. The summed E-state index contributed by atoms with van der Waals surface area (Å²) in [6.45, 7) is 0. The highest BCUT2D eigenvalue weighted by Crippen LogP contribution is 2.39. The van der Waals surface area contributed by atoms with Gasteiger partial charge in [-0.1, -0.05) is 23.7 Å². The summed E-state index contributed by atoms with van der Waals surface area (Å²) in [6, 6.07) is 13.2. The molecular formula is C19H9ClN4O3S. The average Bonchev–Trinajstić information content (AvgIpc) is 3.28. The van der Waals surface area contributed by atoms with Crippen molar-refractivity contribution in [3.05, 3.63) is 73.6 Å². The second-order valence-corrected chi connectivity index (χ2v) is 7.14. The number of nitro groups is 1. The van der Waals surface area contributed by atoms with Crippen LogP contribution in [0.3, 0.4) is 0 Å². The van der Waals surface area contributed by atoms with Crippen molar-refractivity contribution in [2.24, 2.45) is 0 Å². The van der Waals surface area contributed by atoms with Gasteiger partial charge in [-0.2, -0.15) is 5.26 Å². The maximum atomic E-state index is 12.5. The molecule has 0 atom stereocenters. The molecule has 0 bridgehead atoms. The fraction of sp³-hybridized carbons (Fsp3) is 0. The molecular weight excluding hydrogens is 400 g/mol. The number of nitrogens with one attached hydrogen (secondary N) is 1. The molecule has 0 aliphatic carbocycles. The summed E-state index contributed by atoms with van der Waals surface area (Å²) in [7, 11) is 0. The number of hydrogen-bond acceptors (Lipinski definition) is 6. The fourth-order valence-corrected chi connectivity index (χ4v) is 3.82. The van der Waals surface area contributed by atoms with Crippen LogP contribution in [0.5, 0.6) is 0 Å². The summed E-state index contributed by atoms with van der Waals surface area (Å²) in [5, 5.41) is 26.2. The summed E-state index contributed by atoms with van der Waals surface area (Å²) in [5.41, 5.74) is 2.20. The summed E-state index contributed by atoms with van der Waals surface area (Å²) in [5.74, 6) is -0.490. The van der Waals surface area contributed by atoms with Crippen LogP contribution in [0.2, 0.25) is 5.02 Å². The number of carbonyl (C=O) groups is 1. The monoisotopic (exact) mass is 408 g/mol. The molecule has 2 aromatic carbocycles. The van der Waals surface area contributed by atoms with Gasteiger partial charge in [0.25, 0.3) is 11.6 Å². The molecule has 28 heavy (non-hydrogen) atoms. The number of halogens is 1. The van der Waals surface area contributed by atoms with E-state index in [-0.39, 0.29) is 16.8 Å². The van der Waals surface area contributed by atoms with E-state index in [1.54, 1.807) is 29.6 Å². The highest BCUT2D eigenvalue weighted by Gasteiger charge is 2.31. The Kier molecular flexibility index (Phi) is 4.39. The maximum absolute atomic E-state index is 12.5. The molecule has 0 spiro atoms. The first-order valence-corrected chi connectivity index (χ1v) is 9.20. The zero-order chi connectivity index (χ0) is 19.8. The molecule has 7 nitrogen and oxygen atoms in total. The van der Waals surface area contributed by atoms with E-state index in [4.69, 9.17) is 11.6 Å². The number of amides is 1. The Morgan fingerprint density at radius 3 is 2.68 bits per heavy atom. The normalized spacial score (nSPS) is 14.2. The van der Waals surface area contributed by atoms with Crippen molar-refractivity contribution in [2.75, 3.05) is 5.32 Å². The number of non-ortho nitro benzene ring substituents is 1. The summed E-state index contributed by atoms with van der Waals surface area (Å²) in [4.78, 5) is 27.5. The van der Waals surface area contributed by atoms with Crippen molar-refractivity contribution in [3.8, 4) is 17.3 Å². The third-order valence-electron chi connectivity index (χ3n) is 4.18. The van der Waals surface area contributed by atoms with E-state index < -0.39 is 10.8 Å². The number of nitrogens with zero attached hydrogens (tertiary/aromatic N) is 3. The van der Waals surface area contributed by atoms with Gasteiger partial charge in [0.1, 0.15) is 16.6 Å². The number of carbonyl (C=O) groups excluding carboxylic acids is 1. The van der Waals surface area contributed by atoms with Gasteiger partial charge in [0.2, 0.25) is 0 Å². The van der Waals surface area contributed by atoms with Gasteiger partial charge in [-0.3, -0.25) is 14.9 Å². The lowest BCUT2D eigenvalue weighted by Crippen LogP contribution is -2.05. The minimum atomic E-state index is -0.547. The highest BCUT2D eigenvalue weighted by molar-refractivity contribution is 7.11. The molecule has 1 aliphatic rings. The molecule has 1 N–H and O–H groups in total. The van der Waals surface area contributed by atoms with Crippen molar-refractivity contribution < 1.29 is 9.72 Å². The molecule has 9 heteroatoms. The number of hydrogen-bond donors (Lipinski definition) is 1. The number of rotatable bonds is 3. The minimum Gasteiger partial charge on any atom is -0.321 e. The van der Waals surface area contributed by atoms with Crippen molar-refractivity contribution in [2.45, 2.75) is 0 Å². The van der Waals surface area contributed by atoms with Crippen molar-refractivity contribution in [1.82, 2.24) is 4.98 Å². The quantitative estimate of drug-likeness (QED) is 0.291. The number of anilines is 1. The predicted molar refractivity (Wildman–Crippen MR) is 107 cm³/mol. The van der Waals surface area contributed by atoms with Gasteiger partial charge < -0.3 is 5.32 Å². The van der Waals surface area contributed by atoms with Crippen LogP contribution in [0.4, 0.5) is 11.4 Å². The zero-order valence-corrected chi connectivity index (χ0v) is 15.5. The standard InChI is InChI=1S/C19H9ClN4O3S/c20-11-3-1-10(2-4-11)16-9-28-19(23-16)14(8-21)17-13-7-12(24(26)27)5-6-15(13)22-18(17)25/h1-7,9H,(H,22,25). The molecule has 4 rings (SSSR count). The van der Waals surface area contributed by atoms with Crippen LogP contribution in [0.1, 0.15) is 10.6 Å². The molecule has 0 unspecified atom stereocenters. The van der Waals surface area contributed by atoms with Gasteiger partial charge in [0.05, 0.1) is 16.2 Å². The SMILES string of the molecule is N#CC(=C1C(=O)Nc2ccc([N+](=O)[O-])cc21)c1nc(-c2ccc(Cl)cc2)cs1. The Hall–Kier alpha value is -3.54. The number of fused-ring (bicyclic) bond motifs is 1. The highest BCUT2D eigenvalue weighted by atomic mass is 35.5. The number of nitriles is 1. The third kappa shape index (κ3) is 3.03. The van der Waals surface area contributed by atoms with Crippen LogP contribution in [-0.4, -0.2) is 15.8 Å². The van der Waals surface area contributed by atoms with E-state index >= 15 is 0 Å². The lowest BCUT2D eigenvalue weighted by atomic mass is 10.0. The number of aromatic nitrogens is 1. The first kappa shape index (κ1) is 17.9. The molecule has 1 aromatic heterocycles. The van der Waals surface area contributed by atoms with E-state index in [2.05, 4.69) is 10.3 Å². The summed E-state index contributed by atoms with van der Waals surface area (Å²) < 4.78 is 0. The summed E-state index contributed by atoms with van der Waals surface area (Å²) in [6.07, 6.45) is 0. The van der Waals surface area contributed by atoms with Gasteiger partial charge >= 0.3 is 0 Å². The first-order valence-electron chi connectivity index (χ1n) is 7.94. The minimum absolute atomic E-state index is 0.0713. The van der Waals surface area contributed by atoms with Gasteiger partial charge in [-0.05, 0) is 18.2 Å². The van der Waals surface area contributed by atoms with Gasteiger partial charge in [0.15, 0.2) is 0 Å². The smallest absolute Gasteiger partial charge is 0.270 e. The Morgan fingerprint density at radius 1 is 1.25 bits per heavy atom. The van der Waals surface area contributed by atoms with Crippen molar-refractivity contribution >= 4 is 51.4 Å². The lowest BCUT2D eigenvalue weighted by molar-refractivity contribution is -0.384. The molecule has 1 amide bonds. The maximum Gasteiger partial charge on any atom is 0.270 e. The van der Waals surface area contributed by atoms with E-state index in [0.717, 1.165) is 5.56 Å². The van der Waals surface area contributed by atoms with E-state index in [1.165, 1.54) is 29.5 Å². The molecule has 136 valence electrons. The number of allylic oxidation sites excluding steroid dienone is 1. The predicted octanol–water partition coefficient (Wildman–Crippen LogP) is 4.76. The van der Waals surface area contributed by atoms with E-state index in [9.17, 15) is 20.2 Å².